The second kappa shape index (κ2) is 13.9. The van der Waals surface area contributed by atoms with E-state index in [9.17, 15) is 21.9 Å². The first kappa shape index (κ1) is 33.5. The summed E-state index contributed by atoms with van der Waals surface area (Å²) in [7, 11) is -5.96. The van der Waals surface area contributed by atoms with Crippen LogP contribution < -0.4 is 20.5 Å². The Morgan fingerprint density at radius 3 is 2.47 bits per heavy atom. The average Bonchev–Trinajstić information content (AvgIpc) is 3.45. The lowest BCUT2D eigenvalue weighted by molar-refractivity contribution is -0.0312. The molecule has 45 heavy (non-hydrogen) atoms. The number of nitrogens with one attached hydrogen (secondary N) is 2. The fraction of sp³-hybridized carbons (Fsp3) is 0.438. The summed E-state index contributed by atoms with van der Waals surface area (Å²) in [4.78, 5) is 0.400. The summed E-state index contributed by atoms with van der Waals surface area (Å²) in [6.07, 6.45) is 1.06. The number of piperidine rings is 1. The van der Waals surface area contributed by atoms with Crippen LogP contribution in [0.2, 0.25) is 0 Å². The van der Waals surface area contributed by atoms with Gasteiger partial charge in [-0.3, -0.25) is 0 Å². The van der Waals surface area contributed by atoms with Gasteiger partial charge in [-0.1, -0.05) is 42.5 Å². The number of aliphatic hydroxyl groups excluding tert-OH is 1. The van der Waals surface area contributed by atoms with Gasteiger partial charge >= 0.3 is 0 Å². The SMILES string of the molecule is CNS(=O)(=O)c1cccc(OC[C@@H](O)CNC2COC3(CCN(S(=O)(=O)c4cccc(-c5ccc(CN)cc5)c4C)CC3)C2)c1. The summed E-state index contributed by atoms with van der Waals surface area (Å²) < 4.78 is 67.3. The highest BCUT2D eigenvalue weighted by molar-refractivity contribution is 7.89. The number of aliphatic hydroxyl groups is 1. The molecule has 2 fully saturated rings. The van der Waals surface area contributed by atoms with Crippen LogP contribution in [0.4, 0.5) is 0 Å². The molecule has 5 rings (SSSR count). The second-order valence-electron chi connectivity index (χ2n) is 11.7. The third-order valence-corrected chi connectivity index (χ3v) is 12.2. The standard InChI is InChI=1S/C32H42N4O7S2/c1-23-30(25-11-9-24(19-33)10-12-25)7-4-8-31(23)45(40,41)36-15-13-32(14-16-36)18-26(21-43-32)35-20-27(37)22-42-28-5-3-6-29(17-28)44(38,39)34-2/h3-12,17,26-27,34-35,37H,13-16,18-22,33H2,1-2H3/t26?,27-/m0/s1. The van der Waals surface area contributed by atoms with Crippen LogP contribution in [-0.4, -0.2) is 83.9 Å². The van der Waals surface area contributed by atoms with Crippen molar-refractivity contribution in [3.05, 3.63) is 77.9 Å². The molecular formula is C32H42N4O7S2. The van der Waals surface area contributed by atoms with Crippen LogP contribution in [0.3, 0.4) is 0 Å². The van der Waals surface area contributed by atoms with Crippen LogP contribution >= 0.6 is 0 Å². The molecule has 1 unspecified atom stereocenters. The molecule has 2 saturated heterocycles. The normalized spacial score (nSPS) is 19.5. The van der Waals surface area contributed by atoms with E-state index in [1.54, 1.807) is 28.6 Å². The van der Waals surface area contributed by atoms with Crippen LogP contribution in [0.15, 0.2) is 76.5 Å². The van der Waals surface area contributed by atoms with E-state index in [1.807, 2.05) is 37.3 Å². The van der Waals surface area contributed by atoms with Gasteiger partial charge in [0.1, 0.15) is 18.5 Å². The van der Waals surface area contributed by atoms with Gasteiger partial charge in [0.2, 0.25) is 20.0 Å². The minimum atomic E-state index is -3.70. The Labute approximate surface area is 265 Å². The van der Waals surface area contributed by atoms with Crippen LogP contribution in [-0.2, 0) is 31.3 Å². The Bertz CT molecular complexity index is 1690. The lowest BCUT2D eigenvalue weighted by Gasteiger charge is -2.38. The van der Waals surface area contributed by atoms with E-state index < -0.39 is 31.8 Å². The molecule has 11 nitrogen and oxygen atoms in total. The van der Waals surface area contributed by atoms with Gasteiger partial charge in [-0.25, -0.2) is 21.6 Å². The third kappa shape index (κ3) is 7.58. The summed E-state index contributed by atoms with van der Waals surface area (Å²) in [6.45, 7) is 3.75. The van der Waals surface area contributed by atoms with Gasteiger partial charge in [-0.2, -0.15) is 4.31 Å². The number of benzene rings is 3. The first-order valence-electron chi connectivity index (χ1n) is 15.1. The monoisotopic (exact) mass is 658 g/mol. The summed E-state index contributed by atoms with van der Waals surface area (Å²) in [5, 5.41) is 13.8. The zero-order valence-electron chi connectivity index (χ0n) is 25.6. The van der Waals surface area contributed by atoms with E-state index in [0.29, 0.717) is 56.1 Å². The second-order valence-corrected chi connectivity index (χ2v) is 15.5. The van der Waals surface area contributed by atoms with Crippen LogP contribution in [0.25, 0.3) is 11.1 Å². The predicted octanol–water partition coefficient (Wildman–Crippen LogP) is 2.37. The van der Waals surface area contributed by atoms with E-state index in [1.165, 1.54) is 19.2 Å². The molecule has 244 valence electrons. The van der Waals surface area contributed by atoms with Crippen molar-refractivity contribution in [2.24, 2.45) is 5.73 Å². The summed E-state index contributed by atoms with van der Waals surface area (Å²) in [5.74, 6) is 0.346. The molecule has 1 spiro atoms. The third-order valence-electron chi connectivity index (χ3n) is 8.71. The zero-order chi connectivity index (χ0) is 32.2. The molecule has 2 atom stereocenters. The van der Waals surface area contributed by atoms with Crippen LogP contribution in [0.5, 0.6) is 5.75 Å². The number of nitrogens with two attached hydrogens (primary N) is 1. The fourth-order valence-electron chi connectivity index (χ4n) is 6.03. The molecule has 13 heteroatoms. The minimum Gasteiger partial charge on any atom is -0.491 e. The van der Waals surface area contributed by atoms with Crippen molar-refractivity contribution in [3.63, 3.8) is 0 Å². The summed E-state index contributed by atoms with van der Waals surface area (Å²) in [5.41, 5.74) is 8.88. The van der Waals surface area contributed by atoms with Crippen LogP contribution in [0.1, 0.15) is 30.4 Å². The van der Waals surface area contributed by atoms with Crippen molar-refractivity contribution in [2.75, 3.05) is 39.9 Å². The molecule has 0 aliphatic carbocycles. The van der Waals surface area contributed by atoms with Gasteiger partial charge in [-0.15, -0.1) is 0 Å². The molecular weight excluding hydrogens is 617 g/mol. The largest absolute Gasteiger partial charge is 0.491 e. The Balaban J connectivity index is 1.12. The van der Waals surface area contributed by atoms with E-state index in [2.05, 4.69) is 10.0 Å². The Morgan fingerprint density at radius 2 is 1.78 bits per heavy atom. The lowest BCUT2D eigenvalue weighted by Crippen LogP contribution is -2.47. The molecule has 0 aromatic heterocycles. The number of rotatable bonds is 12. The number of ether oxygens (including phenoxy) is 2. The van der Waals surface area contributed by atoms with E-state index in [4.69, 9.17) is 15.2 Å². The van der Waals surface area contributed by atoms with Gasteiger partial charge in [0.25, 0.3) is 0 Å². The summed E-state index contributed by atoms with van der Waals surface area (Å²) >= 11 is 0. The first-order valence-corrected chi connectivity index (χ1v) is 18.0. The van der Waals surface area contributed by atoms with Gasteiger partial charge in [0.05, 0.1) is 22.0 Å². The van der Waals surface area contributed by atoms with E-state index >= 15 is 0 Å². The van der Waals surface area contributed by atoms with Gasteiger partial charge in [0, 0.05) is 38.3 Å². The lowest BCUT2D eigenvalue weighted by atomic mass is 9.88. The van der Waals surface area contributed by atoms with Crippen molar-refractivity contribution in [2.45, 2.75) is 60.3 Å². The number of nitrogens with zero attached hydrogens (tertiary/aromatic N) is 1. The van der Waals surface area contributed by atoms with Gasteiger partial charge < -0.3 is 25.6 Å². The highest BCUT2D eigenvalue weighted by Crippen LogP contribution is 2.38. The maximum Gasteiger partial charge on any atom is 0.243 e. The Morgan fingerprint density at radius 1 is 1.07 bits per heavy atom. The quantitative estimate of drug-likeness (QED) is 0.229. The number of hydrogen-bond donors (Lipinski definition) is 4. The van der Waals surface area contributed by atoms with Gasteiger partial charge in [0.15, 0.2) is 0 Å². The Hall–Kier alpha value is -2.88. The van der Waals surface area contributed by atoms with Gasteiger partial charge in [-0.05, 0) is 73.7 Å². The topological polar surface area (TPSA) is 160 Å². The molecule has 0 saturated carbocycles. The summed E-state index contributed by atoms with van der Waals surface area (Å²) in [6, 6.07) is 19.4. The van der Waals surface area contributed by atoms with Crippen LogP contribution in [0, 0.1) is 6.92 Å². The molecule has 0 amide bonds. The predicted molar refractivity (Wildman–Crippen MR) is 172 cm³/mol. The Kier molecular flexibility index (Phi) is 10.3. The highest BCUT2D eigenvalue weighted by Gasteiger charge is 2.45. The highest BCUT2D eigenvalue weighted by atomic mass is 32.2. The molecule has 2 heterocycles. The molecule has 0 bridgehead atoms. The van der Waals surface area contributed by atoms with Crippen molar-refractivity contribution in [3.8, 4) is 16.9 Å². The van der Waals surface area contributed by atoms with Crippen molar-refractivity contribution >= 4 is 20.0 Å². The number of sulfonamides is 2. The zero-order valence-corrected chi connectivity index (χ0v) is 27.2. The van der Waals surface area contributed by atoms with Crippen molar-refractivity contribution in [1.29, 1.82) is 0 Å². The molecule has 3 aromatic carbocycles. The smallest absolute Gasteiger partial charge is 0.243 e. The van der Waals surface area contributed by atoms with E-state index in [-0.39, 0.29) is 24.1 Å². The van der Waals surface area contributed by atoms with Crippen molar-refractivity contribution in [1.82, 2.24) is 14.3 Å². The molecule has 0 radical (unpaired) electrons. The van der Waals surface area contributed by atoms with Crippen molar-refractivity contribution < 1.29 is 31.4 Å². The number of hydrogen-bond acceptors (Lipinski definition) is 9. The van der Waals surface area contributed by atoms with E-state index in [0.717, 1.165) is 22.3 Å². The maximum absolute atomic E-state index is 13.8. The fourth-order valence-corrected chi connectivity index (χ4v) is 8.48. The molecule has 2 aliphatic rings. The molecule has 2 aliphatic heterocycles. The minimum absolute atomic E-state index is 0.0106. The first-order chi connectivity index (χ1) is 21.5. The maximum atomic E-state index is 13.8. The average molecular weight is 659 g/mol. The molecule has 3 aromatic rings. The molecule has 5 N–H and O–H groups in total.